The van der Waals surface area contributed by atoms with Crippen LogP contribution >= 0.6 is 0 Å². The van der Waals surface area contributed by atoms with Crippen LogP contribution in [0.15, 0.2) is 12.1 Å². The van der Waals surface area contributed by atoms with Gasteiger partial charge in [-0.05, 0) is 37.0 Å². The van der Waals surface area contributed by atoms with E-state index in [1.54, 1.807) is 13.0 Å². The van der Waals surface area contributed by atoms with E-state index in [0.717, 1.165) is 6.07 Å². The van der Waals surface area contributed by atoms with Crippen LogP contribution in [-0.4, -0.2) is 19.2 Å². The van der Waals surface area contributed by atoms with Gasteiger partial charge in [-0.2, -0.15) is 0 Å². The molecule has 0 N–H and O–H groups in total. The molecule has 2 atom stereocenters. The van der Waals surface area contributed by atoms with Gasteiger partial charge in [0.1, 0.15) is 6.10 Å². The van der Waals surface area contributed by atoms with Crippen molar-refractivity contribution in [2.45, 2.75) is 38.7 Å². The van der Waals surface area contributed by atoms with Crippen molar-refractivity contribution in [2.24, 2.45) is 0 Å². The summed E-state index contributed by atoms with van der Waals surface area (Å²) >= 11 is 0. The largest absolute Gasteiger partial charge is 0.466 e. The molecule has 0 radical (unpaired) electrons. The van der Waals surface area contributed by atoms with Crippen LogP contribution < -0.4 is 0 Å². The van der Waals surface area contributed by atoms with E-state index in [4.69, 9.17) is 9.47 Å². The normalized spacial score (nSPS) is 18.7. The Bertz CT molecular complexity index is 498. The van der Waals surface area contributed by atoms with Gasteiger partial charge in [0.2, 0.25) is 0 Å². The second kappa shape index (κ2) is 6.31. The third-order valence-corrected chi connectivity index (χ3v) is 3.44. The molecule has 0 aliphatic carbocycles. The van der Waals surface area contributed by atoms with Gasteiger partial charge >= 0.3 is 5.97 Å². The molecule has 3 nitrogen and oxygen atoms in total. The molecule has 1 aromatic carbocycles. The van der Waals surface area contributed by atoms with E-state index < -0.39 is 11.6 Å². The number of halogens is 2. The second-order valence-electron chi connectivity index (χ2n) is 4.84. The van der Waals surface area contributed by atoms with E-state index in [9.17, 15) is 13.6 Å². The lowest BCUT2D eigenvalue weighted by atomic mass is 9.91. The summed E-state index contributed by atoms with van der Waals surface area (Å²) in [6.45, 7) is 4.36. The number of esters is 1. The lowest BCUT2D eigenvalue weighted by molar-refractivity contribution is -0.143. The number of hydrogen-bond donors (Lipinski definition) is 0. The summed E-state index contributed by atoms with van der Waals surface area (Å²) in [6.07, 6.45) is 0.458. The Labute approximate surface area is 116 Å². The Morgan fingerprint density at radius 2 is 2.15 bits per heavy atom. The fourth-order valence-electron chi connectivity index (χ4n) is 2.25. The smallest absolute Gasteiger partial charge is 0.306 e. The van der Waals surface area contributed by atoms with Crippen molar-refractivity contribution < 1.29 is 23.0 Å². The maximum Gasteiger partial charge on any atom is 0.306 e. The Morgan fingerprint density at radius 3 is 2.70 bits per heavy atom. The second-order valence-corrected chi connectivity index (χ2v) is 4.84. The molecule has 1 aromatic rings. The summed E-state index contributed by atoms with van der Waals surface area (Å²) in [5.41, 5.74) is 0.854. The number of epoxide rings is 1. The molecular weight excluding hydrogens is 266 g/mol. The monoisotopic (exact) mass is 284 g/mol. The first-order valence-electron chi connectivity index (χ1n) is 6.82. The first-order chi connectivity index (χ1) is 9.56. The molecule has 2 rings (SSSR count). The molecule has 1 aliphatic rings. The van der Waals surface area contributed by atoms with E-state index in [-0.39, 0.29) is 30.0 Å². The fourth-order valence-corrected chi connectivity index (χ4v) is 2.25. The number of hydrogen-bond acceptors (Lipinski definition) is 3. The maximum absolute atomic E-state index is 13.7. The highest BCUT2D eigenvalue weighted by atomic mass is 19.2. The highest BCUT2D eigenvalue weighted by Gasteiger charge is 2.30. The quantitative estimate of drug-likeness (QED) is 0.593. The van der Waals surface area contributed by atoms with Gasteiger partial charge in [-0.15, -0.1) is 0 Å². The summed E-state index contributed by atoms with van der Waals surface area (Å²) in [5, 5.41) is 0. The molecular formula is C15H18F2O3. The van der Waals surface area contributed by atoms with Gasteiger partial charge in [0, 0.05) is 5.56 Å². The number of benzene rings is 1. The minimum atomic E-state index is -0.893. The molecule has 20 heavy (non-hydrogen) atoms. The third kappa shape index (κ3) is 3.33. The van der Waals surface area contributed by atoms with Crippen LogP contribution in [0, 0.1) is 11.6 Å². The molecule has 1 unspecified atom stereocenters. The molecule has 0 spiro atoms. The van der Waals surface area contributed by atoms with Crippen molar-refractivity contribution in [2.75, 3.05) is 13.2 Å². The van der Waals surface area contributed by atoms with Crippen LogP contribution in [0.5, 0.6) is 0 Å². The fraction of sp³-hybridized carbons (Fsp3) is 0.533. The molecule has 0 amide bonds. The number of rotatable bonds is 6. The molecule has 1 aliphatic heterocycles. The molecule has 110 valence electrons. The third-order valence-electron chi connectivity index (χ3n) is 3.44. The summed E-state index contributed by atoms with van der Waals surface area (Å²) in [4.78, 5) is 11.6. The Balaban J connectivity index is 2.23. The average molecular weight is 284 g/mol. The SMILES string of the molecule is CCOC(=O)CC(CC)c1cc(F)c(F)c([C@H]2CO2)c1. The van der Waals surface area contributed by atoms with E-state index >= 15 is 0 Å². The van der Waals surface area contributed by atoms with E-state index in [2.05, 4.69) is 0 Å². The highest BCUT2D eigenvalue weighted by Crippen LogP contribution is 2.36. The zero-order valence-electron chi connectivity index (χ0n) is 11.6. The predicted octanol–water partition coefficient (Wildman–Crippen LogP) is 3.48. The van der Waals surface area contributed by atoms with Gasteiger partial charge in [0.15, 0.2) is 11.6 Å². The van der Waals surface area contributed by atoms with Crippen molar-refractivity contribution in [1.29, 1.82) is 0 Å². The zero-order chi connectivity index (χ0) is 14.7. The predicted molar refractivity (Wildman–Crippen MR) is 69.3 cm³/mol. The summed E-state index contributed by atoms with van der Waals surface area (Å²) in [7, 11) is 0. The van der Waals surface area contributed by atoms with Crippen molar-refractivity contribution in [1.82, 2.24) is 0 Å². The lowest BCUT2D eigenvalue weighted by Gasteiger charge is -2.16. The van der Waals surface area contributed by atoms with Gasteiger partial charge in [-0.3, -0.25) is 4.79 Å². The van der Waals surface area contributed by atoms with Crippen LogP contribution in [0.25, 0.3) is 0 Å². The van der Waals surface area contributed by atoms with E-state index in [1.165, 1.54) is 0 Å². The number of carbonyl (C=O) groups excluding carboxylic acids is 1. The maximum atomic E-state index is 13.7. The first kappa shape index (κ1) is 14.9. The first-order valence-corrected chi connectivity index (χ1v) is 6.82. The van der Waals surface area contributed by atoms with Crippen LogP contribution in [0.2, 0.25) is 0 Å². The van der Waals surface area contributed by atoms with E-state index in [0.29, 0.717) is 25.2 Å². The Kier molecular flexibility index (Phi) is 4.70. The van der Waals surface area contributed by atoms with Gasteiger partial charge < -0.3 is 9.47 Å². The lowest BCUT2D eigenvalue weighted by Crippen LogP contribution is -2.11. The van der Waals surface area contributed by atoms with Gasteiger partial charge in [-0.25, -0.2) is 8.78 Å². The molecule has 0 bridgehead atoms. The van der Waals surface area contributed by atoms with Crippen molar-refractivity contribution in [3.8, 4) is 0 Å². The molecule has 0 saturated carbocycles. The molecule has 1 saturated heterocycles. The highest BCUT2D eigenvalue weighted by molar-refractivity contribution is 5.70. The van der Waals surface area contributed by atoms with Gasteiger partial charge in [0.05, 0.1) is 19.6 Å². The van der Waals surface area contributed by atoms with Crippen LogP contribution in [0.3, 0.4) is 0 Å². The van der Waals surface area contributed by atoms with Crippen molar-refractivity contribution in [3.05, 3.63) is 34.9 Å². The summed E-state index contributed by atoms with van der Waals surface area (Å²) in [5.74, 6) is -2.26. The Morgan fingerprint density at radius 1 is 1.45 bits per heavy atom. The van der Waals surface area contributed by atoms with E-state index in [1.807, 2.05) is 6.92 Å². The Hall–Kier alpha value is -1.49. The minimum Gasteiger partial charge on any atom is -0.466 e. The topological polar surface area (TPSA) is 38.8 Å². The summed E-state index contributed by atoms with van der Waals surface area (Å²) in [6, 6.07) is 2.76. The average Bonchev–Trinajstić information content (AvgIpc) is 3.24. The molecule has 5 heteroatoms. The minimum absolute atomic E-state index is 0.167. The standard InChI is InChI=1S/C15H18F2O3/c1-3-9(7-14(18)19-4-2)10-5-11(13-8-20-13)15(17)12(16)6-10/h5-6,9,13H,3-4,7-8H2,1-2H3/t9?,13-/m1/s1. The number of carbonyl (C=O) groups is 1. The zero-order valence-corrected chi connectivity index (χ0v) is 11.6. The van der Waals surface area contributed by atoms with Crippen LogP contribution in [0.4, 0.5) is 8.78 Å². The molecule has 0 aromatic heterocycles. The van der Waals surface area contributed by atoms with Crippen LogP contribution in [0.1, 0.15) is 49.8 Å². The summed E-state index contributed by atoms with van der Waals surface area (Å²) < 4.78 is 37.3. The van der Waals surface area contributed by atoms with Gasteiger partial charge in [-0.1, -0.05) is 6.92 Å². The number of ether oxygens (including phenoxy) is 2. The molecule has 1 heterocycles. The molecule has 1 fully saturated rings. The van der Waals surface area contributed by atoms with Crippen LogP contribution in [-0.2, 0) is 14.3 Å². The van der Waals surface area contributed by atoms with Crippen molar-refractivity contribution in [3.63, 3.8) is 0 Å². The van der Waals surface area contributed by atoms with Gasteiger partial charge in [0.25, 0.3) is 0 Å². The van der Waals surface area contributed by atoms with Crippen molar-refractivity contribution >= 4 is 5.97 Å².